The van der Waals surface area contributed by atoms with Crippen molar-refractivity contribution in [1.29, 1.82) is 0 Å². The molecule has 0 amide bonds. The molecule has 2 aromatic rings. The number of carbonyl (C=O) groups excluding carboxylic acids is 1. The number of rotatable bonds is 3. The van der Waals surface area contributed by atoms with Crippen molar-refractivity contribution in [3.63, 3.8) is 0 Å². The lowest BCUT2D eigenvalue weighted by atomic mass is 10.1. The predicted octanol–water partition coefficient (Wildman–Crippen LogP) is 2.93. The molecule has 0 atom stereocenters. The van der Waals surface area contributed by atoms with Crippen molar-refractivity contribution in [2.45, 2.75) is 27.2 Å². The van der Waals surface area contributed by atoms with Crippen LogP contribution in [0, 0.1) is 20.8 Å². The summed E-state index contributed by atoms with van der Waals surface area (Å²) in [6.07, 6.45) is 0.334. The first kappa shape index (κ1) is 13.9. The second-order valence-electron chi connectivity index (χ2n) is 4.71. The summed E-state index contributed by atoms with van der Waals surface area (Å²) >= 11 is 3.48. The molecular formula is C14H16BrN3O. The third-order valence-electron chi connectivity index (χ3n) is 2.99. The van der Waals surface area contributed by atoms with Crippen molar-refractivity contribution in [2.24, 2.45) is 7.05 Å². The van der Waals surface area contributed by atoms with Crippen LogP contribution in [0.4, 0.5) is 0 Å². The van der Waals surface area contributed by atoms with Gasteiger partial charge in [0.2, 0.25) is 0 Å². The molecule has 5 heteroatoms. The first-order valence-electron chi connectivity index (χ1n) is 6.05. The van der Waals surface area contributed by atoms with E-state index in [4.69, 9.17) is 0 Å². The van der Waals surface area contributed by atoms with Gasteiger partial charge in [-0.15, -0.1) is 0 Å². The summed E-state index contributed by atoms with van der Waals surface area (Å²) in [6.45, 7) is 5.71. The topological polar surface area (TPSA) is 47.8 Å². The van der Waals surface area contributed by atoms with Crippen molar-refractivity contribution >= 4 is 21.7 Å². The molecule has 19 heavy (non-hydrogen) atoms. The number of hydrogen-bond donors (Lipinski definition) is 0. The first-order chi connectivity index (χ1) is 8.88. The third-order valence-corrected chi connectivity index (χ3v) is 4.02. The summed E-state index contributed by atoms with van der Waals surface area (Å²) in [5.41, 5.74) is 4.23. The van der Waals surface area contributed by atoms with Crippen molar-refractivity contribution in [3.05, 3.63) is 44.9 Å². The Labute approximate surface area is 121 Å². The summed E-state index contributed by atoms with van der Waals surface area (Å²) in [5, 5.41) is 4.30. The van der Waals surface area contributed by atoms with Gasteiger partial charge in [-0.1, -0.05) is 0 Å². The normalized spacial score (nSPS) is 10.8. The zero-order valence-electron chi connectivity index (χ0n) is 11.5. The van der Waals surface area contributed by atoms with Crippen LogP contribution in [0.1, 0.15) is 33.1 Å². The Balaban J connectivity index is 2.30. The summed E-state index contributed by atoms with van der Waals surface area (Å²) in [4.78, 5) is 16.6. The fourth-order valence-electron chi connectivity index (χ4n) is 2.12. The van der Waals surface area contributed by atoms with Gasteiger partial charge in [0.1, 0.15) is 0 Å². The fourth-order valence-corrected chi connectivity index (χ4v) is 2.60. The van der Waals surface area contributed by atoms with Crippen LogP contribution in [-0.2, 0) is 13.5 Å². The van der Waals surface area contributed by atoms with Gasteiger partial charge in [-0.2, -0.15) is 5.10 Å². The van der Waals surface area contributed by atoms with E-state index < -0.39 is 0 Å². The Kier molecular flexibility index (Phi) is 3.85. The molecular weight excluding hydrogens is 306 g/mol. The van der Waals surface area contributed by atoms with Crippen LogP contribution < -0.4 is 0 Å². The highest BCUT2D eigenvalue weighted by molar-refractivity contribution is 9.10. The van der Waals surface area contributed by atoms with E-state index in [9.17, 15) is 4.79 Å². The van der Waals surface area contributed by atoms with Gasteiger partial charge in [0.15, 0.2) is 5.78 Å². The van der Waals surface area contributed by atoms with E-state index in [2.05, 4.69) is 26.0 Å². The Morgan fingerprint density at radius 3 is 2.32 bits per heavy atom. The van der Waals surface area contributed by atoms with E-state index in [0.717, 1.165) is 27.2 Å². The zero-order valence-corrected chi connectivity index (χ0v) is 13.1. The number of carbonyl (C=O) groups is 1. The molecule has 100 valence electrons. The molecule has 0 aliphatic heterocycles. The fraction of sp³-hybridized carbons (Fsp3) is 0.357. The Bertz CT molecular complexity index is 626. The van der Waals surface area contributed by atoms with Gasteiger partial charge in [0.05, 0.1) is 22.3 Å². The molecule has 0 saturated carbocycles. The Morgan fingerprint density at radius 1 is 1.26 bits per heavy atom. The third kappa shape index (κ3) is 2.92. The highest BCUT2D eigenvalue weighted by Gasteiger charge is 2.16. The summed E-state index contributed by atoms with van der Waals surface area (Å²) in [7, 11) is 1.85. The van der Waals surface area contributed by atoms with Crippen LogP contribution in [0.25, 0.3) is 0 Å². The maximum atomic E-state index is 12.3. The lowest BCUT2D eigenvalue weighted by Crippen LogP contribution is -2.09. The number of aromatic nitrogens is 3. The molecule has 2 rings (SSSR count). The zero-order chi connectivity index (χ0) is 14.2. The summed E-state index contributed by atoms with van der Waals surface area (Å²) in [6, 6.07) is 3.65. The van der Waals surface area contributed by atoms with Gasteiger partial charge in [-0.25, -0.2) is 0 Å². The minimum atomic E-state index is 0.0808. The van der Waals surface area contributed by atoms with Crippen LogP contribution in [-0.4, -0.2) is 20.5 Å². The van der Waals surface area contributed by atoms with Gasteiger partial charge in [0, 0.05) is 24.0 Å². The van der Waals surface area contributed by atoms with Crippen molar-refractivity contribution in [3.8, 4) is 0 Å². The van der Waals surface area contributed by atoms with Crippen molar-refractivity contribution < 1.29 is 4.79 Å². The predicted molar refractivity (Wildman–Crippen MR) is 77.4 cm³/mol. The number of aryl methyl sites for hydroxylation is 4. The molecule has 0 aliphatic rings. The van der Waals surface area contributed by atoms with Crippen LogP contribution in [0.15, 0.2) is 16.6 Å². The minimum Gasteiger partial charge on any atom is -0.294 e. The van der Waals surface area contributed by atoms with Crippen LogP contribution >= 0.6 is 15.9 Å². The smallest absolute Gasteiger partial charge is 0.168 e. The van der Waals surface area contributed by atoms with Crippen LogP contribution in [0.3, 0.4) is 0 Å². The number of Topliss-reactive ketones (excluding diaryl/α,β-unsaturated/α-hetero) is 1. The molecule has 0 N–H and O–H groups in total. The molecule has 0 bridgehead atoms. The lowest BCUT2D eigenvalue weighted by molar-refractivity contribution is 0.0990. The van der Waals surface area contributed by atoms with Gasteiger partial charge in [-0.05, 0) is 48.8 Å². The molecule has 0 fully saturated rings. The SMILES string of the molecule is Cc1cc(C(=O)Cc2c(Br)c(C)nn2C)cc(C)n1. The molecule has 2 aromatic heterocycles. The largest absolute Gasteiger partial charge is 0.294 e. The molecule has 0 aliphatic carbocycles. The molecule has 0 unspecified atom stereocenters. The number of nitrogens with zero attached hydrogens (tertiary/aromatic N) is 3. The van der Waals surface area contributed by atoms with E-state index in [1.807, 2.05) is 40.0 Å². The molecule has 0 aromatic carbocycles. The van der Waals surface area contributed by atoms with E-state index in [1.54, 1.807) is 4.68 Å². The van der Waals surface area contributed by atoms with Crippen LogP contribution in [0.5, 0.6) is 0 Å². The highest BCUT2D eigenvalue weighted by atomic mass is 79.9. The maximum Gasteiger partial charge on any atom is 0.168 e. The standard InChI is InChI=1S/C14H16BrN3O/c1-8-5-11(6-9(2)16-8)13(19)7-12-14(15)10(3)17-18(12)4/h5-6H,7H2,1-4H3. The average Bonchev–Trinajstić information content (AvgIpc) is 2.54. The van der Waals surface area contributed by atoms with Crippen LogP contribution in [0.2, 0.25) is 0 Å². The first-order valence-corrected chi connectivity index (χ1v) is 6.84. The number of ketones is 1. The lowest BCUT2D eigenvalue weighted by Gasteiger charge is -2.05. The average molecular weight is 322 g/mol. The Hall–Kier alpha value is -1.49. The second-order valence-corrected chi connectivity index (χ2v) is 5.50. The monoisotopic (exact) mass is 321 g/mol. The molecule has 4 nitrogen and oxygen atoms in total. The number of hydrogen-bond acceptors (Lipinski definition) is 3. The quantitative estimate of drug-likeness (QED) is 0.817. The van der Waals surface area contributed by atoms with E-state index in [1.165, 1.54) is 0 Å². The minimum absolute atomic E-state index is 0.0808. The number of pyridine rings is 1. The van der Waals surface area contributed by atoms with Crippen molar-refractivity contribution in [1.82, 2.24) is 14.8 Å². The maximum absolute atomic E-state index is 12.3. The van der Waals surface area contributed by atoms with Crippen molar-refractivity contribution in [2.75, 3.05) is 0 Å². The number of halogens is 1. The van der Waals surface area contributed by atoms with Gasteiger partial charge < -0.3 is 0 Å². The van der Waals surface area contributed by atoms with E-state index >= 15 is 0 Å². The Morgan fingerprint density at radius 2 is 1.84 bits per heavy atom. The summed E-state index contributed by atoms with van der Waals surface area (Å²) in [5.74, 6) is 0.0808. The molecule has 0 radical (unpaired) electrons. The molecule has 0 saturated heterocycles. The van der Waals surface area contributed by atoms with Gasteiger partial charge >= 0.3 is 0 Å². The molecule has 2 heterocycles. The highest BCUT2D eigenvalue weighted by Crippen LogP contribution is 2.22. The second kappa shape index (κ2) is 5.25. The van der Waals surface area contributed by atoms with Gasteiger partial charge in [-0.3, -0.25) is 14.5 Å². The molecule has 0 spiro atoms. The van der Waals surface area contributed by atoms with Gasteiger partial charge in [0.25, 0.3) is 0 Å². The van der Waals surface area contributed by atoms with E-state index in [-0.39, 0.29) is 5.78 Å². The van der Waals surface area contributed by atoms with E-state index in [0.29, 0.717) is 12.0 Å². The summed E-state index contributed by atoms with van der Waals surface area (Å²) < 4.78 is 2.66.